The lowest BCUT2D eigenvalue weighted by atomic mass is 10.00. The van der Waals surface area contributed by atoms with Crippen molar-refractivity contribution in [3.63, 3.8) is 0 Å². The van der Waals surface area contributed by atoms with Crippen LogP contribution >= 0.6 is 11.5 Å². The molecule has 4 aromatic rings. The van der Waals surface area contributed by atoms with Gasteiger partial charge in [0.15, 0.2) is 0 Å². The fourth-order valence-corrected chi connectivity index (χ4v) is 3.40. The number of benzene rings is 2. The van der Waals surface area contributed by atoms with Gasteiger partial charge in [-0.25, -0.2) is 0 Å². The van der Waals surface area contributed by atoms with Gasteiger partial charge in [0.05, 0.1) is 10.4 Å². The summed E-state index contributed by atoms with van der Waals surface area (Å²) < 4.78 is 4.13. The molecule has 0 saturated heterocycles. The minimum absolute atomic E-state index is 0.0760. The van der Waals surface area contributed by atoms with Crippen molar-refractivity contribution in [2.45, 2.75) is 0 Å². The van der Waals surface area contributed by atoms with Gasteiger partial charge in [-0.2, -0.15) is 4.37 Å². The van der Waals surface area contributed by atoms with E-state index in [0.29, 0.717) is 0 Å². The first-order chi connectivity index (χ1) is 10.8. The molecule has 0 bridgehead atoms. The van der Waals surface area contributed by atoms with Gasteiger partial charge in [-0.1, -0.05) is 36.4 Å². The molecule has 0 aliphatic rings. The third kappa shape index (κ3) is 2.14. The number of pyridine rings is 1. The summed E-state index contributed by atoms with van der Waals surface area (Å²) in [5, 5.41) is 12.5. The van der Waals surface area contributed by atoms with Gasteiger partial charge in [0.25, 0.3) is 0 Å². The van der Waals surface area contributed by atoms with Crippen LogP contribution in [0.25, 0.3) is 32.3 Å². The summed E-state index contributed by atoms with van der Waals surface area (Å²) >= 11 is 1.30. The lowest BCUT2D eigenvalue weighted by Crippen LogP contribution is -1.82. The Morgan fingerprint density at radius 1 is 0.818 bits per heavy atom. The van der Waals surface area contributed by atoms with Gasteiger partial charge in [0.1, 0.15) is 0 Å². The molecule has 0 atom stereocenters. The smallest absolute Gasteiger partial charge is 0.231 e. The Morgan fingerprint density at radius 2 is 1.59 bits per heavy atom. The quantitative estimate of drug-likeness (QED) is 0.582. The van der Waals surface area contributed by atoms with Crippen LogP contribution in [0.5, 0.6) is 5.88 Å². The Balaban J connectivity index is 1.93. The molecular weight excluding hydrogens is 292 g/mol. The lowest BCUT2D eigenvalue weighted by Gasteiger charge is -2.06. The van der Waals surface area contributed by atoms with Crippen LogP contribution in [-0.4, -0.2) is 14.5 Å². The summed E-state index contributed by atoms with van der Waals surface area (Å²) in [6.45, 7) is 0. The van der Waals surface area contributed by atoms with Crippen molar-refractivity contribution in [3.8, 4) is 27.4 Å². The van der Waals surface area contributed by atoms with E-state index < -0.39 is 0 Å². The van der Waals surface area contributed by atoms with Crippen LogP contribution in [0.1, 0.15) is 0 Å². The predicted octanol–water partition coefficient (Wildman–Crippen LogP) is 4.73. The van der Waals surface area contributed by atoms with Crippen molar-refractivity contribution in [2.24, 2.45) is 0 Å². The maximum Gasteiger partial charge on any atom is 0.231 e. The average Bonchev–Trinajstić information content (AvgIpc) is 2.97. The van der Waals surface area contributed by atoms with E-state index in [-0.39, 0.29) is 5.88 Å². The summed E-state index contributed by atoms with van der Waals surface area (Å²) in [6.07, 6.45) is 3.49. The van der Waals surface area contributed by atoms with Crippen molar-refractivity contribution >= 4 is 22.3 Å². The van der Waals surface area contributed by atoms with Crippen LogP contribution in [-0.2, 0) is 0 Å². The van der Waals surface area contributed by atoms with E-state index in [1.165, 1.54) is 16.9 Å². The van der Waals surface area contributed by atoms with Crippen molar-refractivity contribution < 1.29 is 5.11 Å². The zero-order chi connectivity index (χ0) is 14.9. The van der Waals surface area contributed by atoms with E-state index in [1.54, 1.807) is 12.4 Å². The van der Waals surface area contributed by atoms with Crippen LogP contribution in [0, 0.1) is 0 Å². The number of hydrogen-bond donors (Lipinski definition) is 1. The van der Waals surface area contributed by atoms with Crippen LogP contribution in [0.2, 0.25) is 0 Å². The molecule has 0 unspecified atom stereocenters. The first-order valence-corrected chi connectivity index (χ1v) is 7.68. The van der Waals surface area contributed by atoms with Crippen molar-refractivity contribution in [1.29, 1.82) is 0 Å². The summed E-state index contributed by atoms with van der Waals surface area (Å²) in [5.41, 5.74) is 2.76. The van der Waals surface area contributed by atoms with Crippen molar-refractivity contribution in [2.75, 3.05) is 0 Å². The predicted molar refractivity (Wildman–Crippen MR) is 90.0 cm³/mol. The third-order valence-corrected chi connectivity index (χ3v) is 4.54. The minimum Gasteiger partial charge on any atom is -0.492 e. The summed E-state index contributed by atoms with van der Waals surface area (Å²) in [5.74, 6) is 0.0760. The molecule has 2 heterocycles. The molecule has 2 aromatic heterocycles. The SMILES string of the molecule is Oc1nsc(-c2ccncc2)c1-c1ccc2ccccc2c1. The Morgan fingerprint density at radius 3 is 2.41 bits per heavy atom. The van der Waals surface area contributed by atoms with Gasteiger partial charge < -0.3 is 5.11 Å². The largest absolute Gasteiger partial charge is 0.492 e. The maximum absolute atomic E-state index is 10.2. The summed E-state index contributed by atoms with van der Waals surface area (Å²) in [4.78, 5) is 5.00. The normalized spacial score (nSPS) is 10.9. The van der Waals surface area contributed by atoms with Crippen molar-refractivity contribution in [1.82, 2.24) is 9.36 Å². The fraction of sp³-hybridized carbons (Fsp3) is 0. The fourth-order valence-electron chi connectivity index (χ4n) is 2.59. The topological polar surface area (TPSA) is 46.0 Å². The molecule has 0 saturated carbocycles. The van der Waals surface area contributed by atoms with Gasteiger partial charge in [-0.05, 0) is 51.6 Å². The highest BCUT2D eigenvalue weighted by molar-refractivity contribution is 7.10. The molecule has 3 nitrogen and oxygen atoms in total. The summed E-state index contributed by atoms with van der Waals surface area (Å²) in [6, 6.07) is 18.2. The molecule has 4 rings (SSSR count). The van der Waals surface area contributed by atoms with Crippen LogP contribution in [0.3, 0.4) is 0 Å². The van der Waals surface area contributed by atoms with Gasteiger partial charge in [-0.15, -0.1) is 0 Å². The maximum atomic E-state index is 10.2. The molecule has 2 aromatic carbocycles. The van der Waals surface area contributed by atoms with E-state index in [9.17, 15) is 5.11 Å². The number of rotatable bonds is 2. The van der Waals surface area contributed by atoms with Crippen LogP contribution < -0.4 is 0 Å². The van der Waals surface area contributed by atoms with Gasteiger partial charge in [0, 0.05) is 12.4 Å². The number of aromatic hydroxyl groups is 1. The Labute approximate surface area is 131 Å². The second-order valence-electron chi connectivity index (χ2n) is 5.01. The first-order valence-electron chi connectivity index (χ1n) is 6.91. The molecule has 0 aliphatic carbocycles. The molecule has 0 aliphatic heterocycles. The van der Waals surface area contributed by atoms with E-state index in [4.69, 9.17) is 0 Å². The van der Waals surface area contributed by atoms with E-state index in [1.807, 2.05) is 30.3 Å². The second kappa shape index (κ2) is 5.24. The molecular formula is C18H12N2OS. The van der Waals surface area contributed by atoms with Crippen molar-refractivity contribution in [3.05, 3.63) is 67.0 Å². The van der Waals surface area contributed by atoms with Crippen LogP contribution in [0.15, 0.2) is 67.0 Å². The molecule has 0 amide bonds. The molecule has 0 spiro atoms. The Kier molecular flexibility index (Phi) is 3.09. The second-order valence-corrected chi connectivity index (χ2v) is 5.78. The molecule has 4 heteroatoms. The number of fused-ring (bicyclic) bond motifs is 1. The van der Waals surface area contributed by atoms with Gasteiger partial charge in [0.2, 0.25) is 5.88 Å². The molecule has 106 valence electrons. The number of nitrogens with zero attached hydrogens (tertiary/aromatic N) is 2. The third-order valence-electron chi connectivity index (χ3n) is 3.65. The molecule has 1 N–H and O–H groups in total. The average molecular weight is 304 g/mol. The lowest BCUT2D eigenvalue weighted by molar-refractivity contribution is 0.462. The highest BCUT2D eigenvalue weighted by Crippen LogP contribution is 2.42. The Hall–Kier alpha value is -2.72. The van der Waals surface area contributed by atoms with Gasteiger partial charge in [-0.3, -0.25) is 4.98 Å². The summed E-state index contributed by atoms with van der Waals surface area (Å²) in [7, 11) is 0. The first kappa shape index (κ1) is 13.0. The number of hydrogen-bond acceptors (Lipinski definition) is 4. The van der Waals surface area contributed by atoms with E-state index >= 15 is 0 Å². The van der Waals surface area contributed by atoms with E-state index in [0.717, 1.165) is 27.0 Å². The molecule has 0 radical (unpaired) electrons. The monoisotopic (exact) mass is 304 g/mol. The number of aromatic nitrogens is 2. The Bertz CT molecular complexity index is 948. The molecule has 22 heavy (non-hydrogen) atoms. The molecule has 0 fully saturated rings. The highest BCUT2D eigenvalue weighted by atomic mass is 32.1. The zero-order valence-electron chi connectivity index (χ0n) is 11.6. The standard InChI is InChI=1S/C18H12N2OS/c21-18-16(17(22-20-18)13-7-9-19-10-8-13)15-6-5-12-3-1-2-4-14(12)11-15/h1-11H,(H,20,21). The minimum atomic E-state index is 0.0760. The zero-order valence-corrected chi connectivity index (χ0v) is 12.4. The van der Waals surface area contributed by atoms with E-state index in [2.05, 4.69) is 33.6 Å². The van der Waals surface area contributed by atoms with Crippen LogP contribution in [0.4, 0.5) is 0 Å². The highest BCUT2D eigenvalue weighted by Gasteiger charge is 2.16. The van der Waals surface area contributed by atoms with Gasteiger partial charge >= 0.3 is 0 Å².